The van der Waals surface area contributed by atoms with Crippen LogP contribution in [0.15, 0.2) is 71.2 Å². The molecular weight excluding hydrogens is 602 g/mol. The zero-order valence-corrected chi connectivity index (χ0v) is 25.4. The van der Waals surface area contributed by atoms with Gasteiger partial charge in [0.2, 0.25) is 5.91 Å². The number of carbonyl (C=O) groups is 3. The third kappa shape index (κ3) is 8.16. The van der Waals surface area contributed by atoms with E-state index >= 15 is 0 Å². The van der Waals surface area contributed by atoms with E-state index in [4.69, 9.17) is 14.6 Å². The van der Waals surface area contributed by atoms with Gasteiger partial charge in [0.05, 0.1) is 10.4 Å². The molecule has 0 saturated carbocycles. The van der Waals surface area contributed by atoms with Crippen LogP contribution in [0.25, 0.3) is 0 Å². The largest absolute Gasteiger partial charge is 0.446 e. The summed E-state index contributed by atoms with van der Waals surface area (Å²) in [7, 11) is 0. The predicted molar refractivity (Wildman–Crippen MR) is 161 cm³/mol. The Balaban J connectivity index is 1.50. The molecule has 1 saturated heterocycles. The molecule has 4 rings (SSSR count). The Hall–Kier alpha value is -2.85. The molecule has 0 spiro atoms. The van der Waals surface area contributed by atoms with Gasteiger partial charge in [-0.2, -0.15) is 0 Å². The van der Waals surface area contributed by atoms with E-state index in [2.05, 4.69) is 15.9 Å². The first kappa shape index (κ1) is 32.1. The summed E-state index contributed by atoms with van der Waals surface area (Å²) < 4.78 is 11.7. The van der Waals surface area contributed by atoms with Gasteiger partial charge >= 0.3 is 6.09 Å². The topological polar surface area (TPSA) is 113 Å². The molecule has 1 fully saturated rings. The molecule has 0 bridgehead atoms. The van der Waals surface area contributed by atoms with Crippen molar-refractivity contribution < 1.29 is 34.1 Å². The molecule has 2 aromatic carbocycles. The number of benzene rings is 2. The first-order valence-corrected chi connectivity index (χ1v) is 15.6. The van der Waals surface area contributed by atoms with Gasteiger partial charge in [-0.05, 0) is 52.4 Å². The van der Waals surface area contributed by atoms with Crippen LogP contribution in [0.4, 0.5) is 4.79 Å². The second-order valence-electron chi connectivity index (χ2n) is 11.0. The maximum atomic E-state index is 14.2. The number of ether oxygens (including phenoxy) is 2. The lowest BCUT2D eigenvalue weighted by atomic mass is 9.87. The maximum Gasteiger partial charge on any atom is 0.417 e. The summed E-state index contributed by atoms with van der Waals surface area (Å²) in [4.78, 5) is 41.5. The number of imide groups is 1. The van der Waals surface area contributed by atoms with Crippen LogP contribution < -0.4 is 0 Å². The molecule has 2 aromatic rings. The van der Waals surface area contributed by atoms with E-state index in [9.17, 15) is 19.5 Å². The van der Waals surface area contributed by atoms with Crippen molar-refractivity contribution in [3.63, 3.8) is 0 Å². The molecule has 42 heavy (non-hydrogen) atoms. The molecule has 2 heterocycles. The lowest BCUT2D eigenvalue weighted by molar-refractivity contribution is -0.218. The van der Waals surface area contributed by atoms with Gasteiger partial charge in [0.15, 0.2) is 11.6 Å². The van der Waals surface area contributed by atoms with E-state index in [1.54, 1.807) is 0 Å². The van der Waals surface area contributed by atoms with Gasteiger partial charge in [0, 0.05) is 13.0 Å². The number of halogens is 1. The van der Waals surface area contributed by atoms with Crippen molar-refractivity contribution >= 4 is 33.7 Å². The fourth-order valence-electron chi connectivity index (χ4n) is 5.60. The molecular formula is C33H40BrNO7. The van der Waals surface area contributed by atoms with Crippen molar-refractivity contribution in [2.24, 2.45) is 5.92 Å². The van der Waals surface area contributed by atoms with Gasteiger partial charge in [-0.15, -0.1) is 0 Å². The second-order valence-corrected chi connectivity index (χ2v) is 11.9. The molecule has 0 unspecified atom stereocenters. The fraction of sp³-hybridized carbons (Fsp3) is 0.485. The molecule has 2 N–H and O–H groups in total. The maximum absolute atomic E-state index is 14.2. The van der Waals surface area contributed by atoms with E-state index < -0.39 is 41.6 Å². The van der Waals surface area contributed by atoms with Crippen LogP contribution in [-0.4, -0.2) is 58.0 Å². The van der Waals surface area contributed by atoms with E-state index in [-0.39, 0.29) is 30.5 Å². The summed E-state index contributed by atoms with van der Waals surface area (Å²) in [6.45, 7) is 0.251. The van der Waals surface area contributed by atoms with Gasteiger partial charge in [-0.25, -0.2) is 9.69 Å². The molecule has 4 atom stereocenters. The summed E-state index contributed by atoms with van der Waals surface area (Å²) in [6, 6.07) is 17.8. The van der Waals surface area contributed by atoms with Gasteiger partial charge in [-0.1, -0.05) is 99.2 Å². The third-order valence-corrected chi connectivity index (χ3v) is 8.79. The van der Waals surface area contributed by atoms with Crippen LogP contribution in [0.3, 0.4) is 0 Å². The molecule has 2 aliphatic rings. The Bertz CT molecular complexity index is 1220. The number of unbranched alkanes of at least 4 members (excludes halogenated alkanes) is 7. The summed E-state index contributed by atoms with van der Waals surface area (Å²) in [5, 5.41) is 20.4. The molecule has 2 amide bonds. The fourth-order valence-corrected chi connectivity index (χ4v) is 6.11. The zero-order chi connectivity index (χ0) is 30.0. The lowest BCUT2D eigenvalue weighted by Gasteiger charge is -2.38. The Morgan fingerprint density at radius 1 is 0.929 bits per heavy atom. The van der Waals surface area contributed by atoms with E-state index in [0.717, 1.165) is 61.0 Å². The number of ketones is 1. The molecule has 2 aliphatic heterocycles. The highest BCUT2D eigenvalue weighted by Crippen LogP contribution is 2.39. The first-order valence-electron chi connectivity index (χ1n) is 14.9. The number of hydrogen-bond donors (Lipinski definition) is 2. The first-order chi connectivity index (χ1) is 20.3. The number of hydrogen-bond acceptors (Lipinski definition) is 7. The Morgan fingerprint density at radius 3 is 2.17 bits per heavy atom. The minimum absolute atomic E-state index is 0.0168. The standard InChI is InChI=1S/C33H40BrNO7/c34-29-22-28(37)30(42-33(29,40)19-13-5-3-1-2-4-6-14-20-36)26(21-24-15-9-7-10-16-24)31(38)35-27(23-41-32(35)39)25-17-11-8-12-18-25/h7-12,15-18,22,26-27,30,36,40H,1-6,13-14,19-21,23H2/t26-,27+,30-,33+/m1/s1. The normalized spacial score (nSPS) is 23.0. The van der Waals surface area contributed by atoms with Gasteiger partial charge in [0.1, 0.15) is 18.8 Å². The van der Waals surface area contributed by atoms with E-state index in [1.165, 1.54) is 6.08 Å². The number of amides is 2. The van der Waals surface area contributed by atoms with Crippen LogP contribution in [0, 0.1) is 5.92 Å². The predicted octanol–water partition coefficient (Wildman–Crippen LogP) is 6.00. The smallest absolute Gasteiger partial charge is 0.417 e. The highest BCUT2D eigenvalue weighted by molar-refractivity contribution is 9.11. The van der Waals surface area contributed by atoms with E-state index in [1.807, 2.05) is 60.7 Å². The minimum atomic E-state index is -1.76. The molecule has 8 nitrogen and oxygen atoms in total. The number of carbonyl (C=O) groups excluding carboxylic acids is 3. The van der Waals surface area contributed by atoms with Crippen molar-refractivity contribution in [2.45, 2.75) is 82.1 Å². The third-order valence-electron chi connectivity index (χ3n) is 7.94. The second kappa shape index (κ2) is 15.6. The Morgan fingerprint density at radius 2 is 1.52 bits per heavy atom. The van der Waals surface area contributed by atoms with Gasteiger partial charge in [0.25, 0.3) is 0 Å². The van der Waals surface area contributed by atoms with Crippen molar-refractivity contribution in [3.05, 3.63) is 82.3 Å². The molecule has 0 aliphatic carbocycles. The van der Waals surface area contributed by atoms with Gasteiger partial charge in [-0.3, -0.25) is 9.59 Å². The number of aliphatic hydroxyl groups excluding tert-OH is 1. The quantitative estimate of drug-likeness (QED) is 0.229. The molecule has 0 radical (unpaired) electrons. The number of aliphatic hydroxyl groups is 2. The number of nitrogens with zero attached hydrogens (tertiary/aromatic N) is 1. The Labute approximate surface area is 255 Å². The number of cyclic esters (lactones) is 1. The van der Waals surface area contributed by atoms with Crippen molar-refractivity contribution in [3.8, 4) is 0 Å². The van der Waals surface area contributed by atoms with Crippen LogP contribution in [0.1, 0.15) is 75.0 Å². The Kier molecular flexibility index (Phi) is 11.9. The highest BCUT2D eigenvalue weighted by Gasteiger charge is 2.50. The average Bonchev–Trinajstić information content (AvgIpc) is 3.39. The van der Waals surface area contributed by atoms with Crippen LogP contribution in [-0.2, 0) is 25.5 Å². The highest BCUT2D eigenvalue weighted by atomic mass is 79.9. The van der Waals surface area contributed by atoms with Crippen LogP contribution >= 0.6 is 15.9 Å². The molecule has 0 aromatic heterocycles. The van der Waals surface area contributed by atoms with Crippen molar-refractivity contribution in [1.29, 1.82) is 0 Å². The lowest BCUT2D eigenvalue weighted by Crippen LogP contribution is -2.52. The van der Waals surface area contributed by atoms with Crippen LogP contribution in [0.5, 0.6) is 0 Å². The summed E-state index contributed by atoms with van der Waals surface area (Å²) in [5.41, 5.74) is 1.55. The van der Waals surface area contributed by atoms with Crippen LogP contribution in [0.2, 0.25) is 0 Å². The monoisotopic (exact) mass is 641 g/mol. The van der Waals surface area contributed by atoms with E-state index in [0.29, 0.717) is 6.42 Å². The summed E-state index contributed by atoms with van der Waals surface area (Å²) in [6.07, 6.45) is 7.34. The summed E-state index contributed by atoms with van der Waals surface area (Å²) in [5.74, 6) is -3.87. The average molecular weight is 643 g/mol. The minimum Gasteiger partial charge on any atom is -0.446 e. The zero-order valence-electron chi connectivity index (χ0n) is 23.8. The number of rotatable bonds is 15. The molecule has 226 valence electrons. The molecule has 9 heteroatoms. The summed E-state index contributed by atoms with van der Waals surface area (Å²) >= 11 is 3.34. The van der Waals surface area contributed by atoms with Crippen molar-refractivity contribution in [2.75, 3.05) is 13.2 Å². The van der Waals surface area contributed by atoms with Crippen molar-refractivity contribution in [1.82, 2.24) is 4.90 Å². The van der Waals surface area contributed by atoms with Gasteiger partial charge < -0.3 is 19.7 Å². The SMILES string of the molecule is O=C1C=C(Br)[C@](O)(CCCCCCCCCCO)O[C@@H]1[C@@H](Cc1ccccc1)C(=O)N1C(=O)OC[C@H]1c1ccccc1.